The van der Waals surface area contributed by atoms with Gasteiger partial charge in [0.1, 0.15) is 5.01 Å². The van der Waals surface area contributed by atoms with Crippen molar-refractivity contribution in [2.24, 2.45) is 0 Å². The predicted octanol–water partition coefficient (Wildman–Crippen LogP) is 4.56. The second-order valence-electron chi connectivity index (χ2n) is 7.83. The lowest BCUT2D eigenvalue weighted by Gasteiger charge is -2.08. The number of nitrogen functional groups attached to an aromatic ring is 2. The summed E-state index contributed by atoms with van der Waals surface area (Å²) in [6, 6.07) is 11.6. The molecule has 7 heteroatoms. The number of thiazole rings is 1. The van der Waals surface area contributed by atoms with Gasteiger partial charge in [-0.05, 0) is 59.9 Å². The van der Waals surface area contributed by atoms with Gasteiger partial charge in [0.05, 0.1) is 23.5 Å². The summed E-state index contributed by atoms with van der Waals surface area (Å²) in [7, 11) is 0. The number of allylic oxidation sites excluding steroid dienone is 1. The standard InChI is InChI=1S/C24H22N4O2S/c25-17-7-15(8-18(26)11-17)14-5-6-19-16(10-24(29)30)12-28(21(19)9-14)13-23-27-20-3-1-2-4-22(20)31-23/h2,4-9,11-12H,1,3,10,13,25-26H2,(H,29,30). The van der Waals surface area contributed by atoms with Crippen LogP contribution in [0.25, 0.3) is 28.1 Å². The van der Waals surface area contributed by atoms with Gasteiger partial charge in [-0.15, -0.1) is 11.3 Å². The molecule has 6 nitrogen and oxygen atoms in total. The molecule has 156 valence electrons. The number of carboxylic acid groups (broad SMARTS) is 1. The third kappa shape index (κ3) is 3.80. The Hall–Kier alpha value is -3.58. The van der Waals surface area contributed by atoms with Gasteiger partial charge in [0.25, 0.3) is 0 Å². The van der Waals surface area contributed by atoms with E-state index >= 15 is 0 Å². The van der Waals surface area contributed by atoms with E-state index in [-0.39, 0.29) is 6.42 Å². The summed E-state index contributed by atoms with van der Waals surface area (Å²) >= 11 is 1.70. The monoisotopic (exact) mass is 430 g/mol. The van der Waals surface area contributed by atoms with Gasteiger partial charge in [0, 0.05) is 28.5 Å². The number of benzene rings is 2. The summed E-state index contributed by atoms with van der Waals surface area (Å²) in [6.07, 6.45) is 8.24. The van der Waals surface area contributed by atoms with Crippen molar-refractivity contribution in [3.8, 4) is 11.1 Å². The molecule has 1 aliphatic carbocycles. The van der Waals surface area contributed by atoms with Gasteiger partial charge in [0.2, 0.25) is 0 Å². The molecular weight excluding hydrogens is 408 g/mol. The van der Waals surface area contributed by atoms with Gasteiger partial charge in [0.15, 0.2) is 0 Å². The molecule has 2 aromatic heterocycles. The number of anilines is 2. The fourth-order valence-corrected chi connectivity index (χ4v) is 5.22. The maximum absolute atomic E-state index is 11.4. The Morgan fingerprint density at radius 1 is 1.13 bits per heavy atom. The Bertz CT molecular complexity index is 1330. The van der Waals surface area contributed by atoms with E-state index in [9.17, 15) is 9.90 Å². The minimum Gasteiger partial charge on any atom is -0.481 e. The van der Waals surface area contributed by atoms with E-state index < -0.39 is 5.97 Å². The molecule has 0 spiro atoms. The maximum Gasteiger partial charge on any atom is 0.307 e. The number of hydrogen-bond donors (Lipinski definition) is 3. The first-order valence-corrected chi connectivity index (χ1v) is 10.9. The minimum absolute atomic E-state index is 0.0226. The molecule has 0 aliphatic heterocycles. The molecule has 2 aromatic carbocycles. The molecule has 0 atom stereocenters. The average Bonchev–Trinajstić information content (AvgIpc) is 3.27. The third-order valence-corrected chi connectivity index (χ3v) is 6.56. The molecule has 0 saturated heterocycles. The lowest BCUT2D eigenvalue weighted by atomic mass is 10.0. The summed E-state index contributed by atoms with van der Waals surface area (Å²) in [5.41, 5.74) is 18.0. The number of carbonyl (C=O) groups is 1. The number of aliphatic carboxylic acids is 1. The number of hydrogen-bond acceptors (Lipinski definition) is 5. The smallest absolute Gasteiger partial charge is 0.307 e. The van der Waals surface area contributed by atoms with Crippen LogP contribution in [0, 0.1) is 0 Å². The molecule has 0 amide bonds. The zero-order valence-electron chi connectivity index (χ0n) is 16.8. The van der Waals surface area contributed by atoms with Crippen molar-refractivity contribution in [3.05, 3.63) is 69.8 Å². The molecule has 31 heavy (non-hydrogen) atoms. The van der Waals surface area contributed by atoms with Gasteiger partial charge in [-0.25, -0.2) is 4.98 Å². The van der Waals surface area contributed by atoms with Crippen molar-refractivity contribution < 1.29 is 9.90 Å². The van der Waals surface area contributed by atoms with Crippen LogP contribution in [-0.4, -0.2) is 20.6 Å². The van der Waals surface area contributed by atoms with Crippen molar-refractivity contribution in [1.29, 1.82) is 0 Å². The Morgan fingerprint density at radius 2 is 1.94 bits per heavy atom. The maximum atomic E-state index is 11.4. The first kappa shape index (κ1) is 19.4. The van der Waals surface area contributed by atoms with Crippen molar-refractivity contribution >= 4 is 45.7 Å². The predicted molar refractivity (Wildman–Crippen MR) is 126 cm³/mol. The Balaban J connectivity index is 1.60. The molecule has 1 aliphatic rings. The zero-order chi connectivity index (χ0) is 21.5. The third-order valence-electron chi connectivity index (χ3n) is 5.51. The summed E-state index contributed by atoms with van der Waals surface area (Å²) in [6.45, 7) is 0.601. The van der Waals surface area contributed by atoms with Crippen LogP contribution in [-0.2, 0) is 24.2 Å². The van der Waals surface area contributed by atoms with Gasteiger partial charge < -0.3 is 21.1 Å². The normalized spacial score (nSPS) is 12.9. The Labute approximate surface area is 183 Å². The van der Waals surface area contributed by atoms with E-state index in [4.69, 9.17) is 16.5 Å². The van der Waals surface area contributed by atoms with E-state index in [1.165, 1.54) is 4.88 Å². The first-order chi connectivity index (χ1) is 15.0. The second-order valence-corrected chi connectivity index (χ2v) is 8.95. The van der Waals surface area contributed by atoms with E-state index in [1.807, 2.05) is 30.5 Å². The summed E-state index contributed by atoms with van der Waals surface area (Å²) < 4.78 is 2.10. The van der Waals surface area contributed by atoms with Crippen molar-refractivity contribution in [1.82, 2.24) is 9.55 Å². The van der Waals surface area contributed by atoms with Crippen LogP contribution in [0.5, 0.6) is 0 Å². The average molecular weight is 431 g/mol. The number of nitrogens with zero attached hydrogens (tertiary/aromatic N) is 2. The van der Waals surface area contributed by atoms with Gasteiger partial charge in [-0.2, -0.15) is 0 Å². The highest BCUT2D eigenvalue weighted by molar-refractivity contribution is 7.12. The Kier molecular flexibility index (Phi) is 4.75. The molecule has 0 radical (unpaired) electrons. The first-order valence-electron chi connectivity index (χ1n) is 10.1. The number of fused-ring (bicyclic) bond motifs is 2. The van der Waals surface area contributed by atoms with Crippen LogP contribution in [0.2, 0.25) is 0 Å². The van der Waals surface area contributed by atoms with Crippen LogP contribution in [0.3, 0.4) is 0 Å². The van der Waals surface area contributed by atoms with Crippen molar-refractivity contribution in [2.75, 3.05) is 11.5 Å². The summed E-state index contributed by atoms with van der Waals surface area (Å²) in [5, 5.41) is 11.3. The molecule has 0 unspecified atom stereocenters. The molecule has 4 aromatic rings. The second kappa shape index (κ2) is 7.59. The van der Waals surface area contributed by atoms with E-state index in [2.05, 4.69) is 22.8 Å². The van der Waals surface area contributed by atoms with Crippen LogP contribution in [0.15, 0.2) is 48.7 Å². The lowest BCUT2D eigenvalue weighted by Crippen LogP contribution is -2.00. The highest BCUT2D eigenvalue weighted by Gasteiger charge is 2.16. The van der Waals surface area contributed by atoms with E-state index in [0.29, 0.717) is 17.9 Å². The molecule has 2 heterocycles. The SMILES string of the molecule is Nc1cc(N)cc(-c2ccc3c(CC(=O)O)cn(Cc4nc5c(s4)C=CCC5)c3c2)c1. The number of nitrogens with two attached hydrogens (primary N) is 2. The van der Waals surface area contributed by atoms with Gasteiger partial charge in [-0.3, -0.25) is 4.79 Å². The fourth-order valence-electron chi connectivity index (χ4n) is 4.17. The molecule has 5 rings (SSSR count). The number of carboxylic acids is 1. The van der Waals surface area contributed by atoms with E-state index in [0.717, 1.165) is 51.1 Å². The molecule has 0 bridgehead atoms. The highest BCUT2D eigenvalue weighted by atomic mass is 32.1. The minimum atomic E-state index is -0.846. The molecule has 0 fully saturated rings. The van der Waals surface area contributed by atoms with Gasteiger partial charge in [-0.1, -0.05) is 18.2 Å². The fraction of sp³-hybridized carbons (Fsp3) is 0.167. The lowest BCUT2D eigenvalue weighted by molar-refractivity contribution is -0.136. The van der Waals surface area contributed by atoms with Crippen LogP contribution in [0.1, 0.15) is 27.6 Å². The Morgan fingerprint density at radius 3 is 2.68 bits per heavy atom. The van der Waals surface area contributed by atoms with Crippen molar-refractivity contribution in [2.45, 2.75) is 25.8 Å². The van der Waals surface area contributed by atoms with Crippen LogP contribution < -0.4 is 11.5 Å². The summed E-state index contributed by atoms with van der Waals surface area (Å²) in [4.78, 5) is 17.5. The van der Waals surface area contributed by atoms with Gasteiger partial charge >= 0.3 is 5.97 Å². The van der Waals surface area contributed by atoms with Crippen LogP contribution in [0.4, 0.5) is 11.4 Å². The molecule has 0 saturated carbocycles. The zero-order valence-corrected chi connectivity index (χ0v) is 17.7. The highest BCUT2D eigenvalue weighted by Crippen LogP contribution is 2.32. The van der Waals surface area contributed by atoms with E-state index in [1.54, 1.807) is 17.4 Å². The largest absolute Gasteiger partial charge is 0.481 e. The van der Waals surface area contributed by atoms with Crippen molar-refractivity contribution in [3.63, 3.8) is 0 Å². The number of aromatic nitrogens is 2. The molecular formula is C24H22N4O2S. The topological polar surface area (TPSA) is 107 Å². The summed E-state index contributed by atoms with van der Waals surface area (Å²) in [5.74, 6) is -0.846. The van der Waals surface area contributed by atoms with Crippen LogP contribution >= 0.6 is 11.3 Å². The quantitative estimate of drug-likeness (QED) is 0.402. The number of aryl methyl sites for hydroxylation is 1. The number of rotatable bonds is 5. The molecule has 5 N–H and O–H groups in total.